The first-order valence-electron chi connectivity index (χ1n) is 5.15. The summed E-state index contributed by atoms with van der Waals surface area (Å²) in [5.74, 6) is -0.278. The minimum atomic E-state index is -0.828. The van der Waals surface area contributed by atoms with Gasteiger partial charge in [0.05, 0.1) is 12.2 Å². The van der Waals surface area contributed by atoms with Crippen molar-refractivity contribution in [3.63, 3.8) is 0 Å². The molecule has 2 rings (SSSR count). The molecule has 0 aromatic carbocycles. The van der Waals surface area contributed by atoms with Crippen LogP contribution in [-0.4, -0.2) is 27.4 Å². The summed E-state index contributed by atoms with van der Waals surface area (Å²) in [7, 11) is 0. The van der Waals surface area contributed by atoms with Crippen molar-refractivity contribution in [1.29, 1.82) is 0 Å². The van der Waals surface area contributed by atoms with E-state index in [0.717, 1.165) is 10.2 Å². The summed E-state index contributed by atoms with van der Waals surface area (Å²) < 4.78 is 0.877. The number of imide groups is 1. The van der Waals surface area contributed by atoms with Gasteiger partial charge in [-0.2, -0.15) is 0 Å². The molecule has 0 aliphatic carbocycles. The van der Waals surface area contributed by atoms with Gasteiger partial charge in [0.2, 0.25) is 0 Å². The fourth-order valence-electron chi connectivity index (χ4n) is 1.63. The predicted octanol–water partition coefficient (Wildman–Crippen LogP) is 1.67. The lowest BCUT2D eigenvalue weighted by atomic mass is 10.0. The number of amides is 3. The number of hydrogen-bond donors (Lipinski definition) is 1. The van der Waals surface area contributed by atoms with Crippen molar-refractivity contribution in [2.75, 3.05) is 0 Å². The molecule has 0 atom stereocenters. The molecule has 0 bridgehead atoms. The van der Waals surface area contributed by atoms with E-state index in [1.807, 2.05) is 12.1 Å². The number of carbonyl (C=O) groups excluding carboxylic acids is 2. The molecule has 1 N–H and O–H groups in total. The van der Waals surface area contributed by atoms with Gasteiger partial charge in [-0.05, 0) is 41.9 Å². The third-order valence-corrected chi connectivity index (χ3v) is 3.27. The average molecular weight is 298 g/mol. The smallest absolute Gasteiger partial charge is 0.304 e. The molecular formula is C11H12BrN3O2. The number of hydrogen-bond acceptors (Lipinski definition) is 3. The van der Waals surface area contributed by atoms with E-state index in [0.29, 0.717) is 6.54 Å². The highest BCUT2D eigenvalue weighted by molar-refractivity contribution is 9.10. The Morgan fingerprint density at radius 1 is 1.41 bits per heavy atom. The Labute approximate surface area is 107 Å². The summed E-state index contributed by atoms with van der Waals surface area (Å²) in [6.45, 7) is 3.75. The molecule has 1 aliphatic heterocycles. The van der Waals surface area contributed by atoms with Gasteiger partial charge in [0.25, 0.3) is 5.91 Å². The fourth-order valence-corrected chi connectivity index (χ4v) is 1.86. The molecule has 0 radical (unpaired) electrons. The number of pyridine rings is 1. The summed E-state index contributed by atoms with van der Waals surface area (Å²) >= 11 is 3.29. The van der Waals surface area contributed by atoms with Crippen LogP contribution in [0.4, 0.5) is 4.79 Å². The molecule has 1 aromatic heterocycles. The first kappa shape index (κ1) is 12.0. The van der Waals surface area contributed by atoms with Crippen molar-refractivity contribution in [1.82, 2.24) is 15.2 Å². The van der Waals surface area contributed by atoms with Crippen LogP contribution in [0.3, 0.4) is 0 Å². The molecule has 2 heterocycles. The second kappa shape index (κ2) is 4.10. The Balaban J connectivity index is 2.21. The number of halogens is 1. The Morgan fingerprint density at radius 3 is 2.59 bits per heavy atom. The van der Waals surface area contributed by atoms with Crippen LogP contribution in [0.5, 0.6) is 0 Å². The molecule has 0 saturated carbocycles. The average Bonchev–Trinajstić information content (AvgIpc) is 2.44. The van der Waals surface area contributed by atoms with Gasteiger partial charge < -0.3 is 4.90 Å². The van der Waals surface area contributed by atoms with E-state index in [1.165, 1.54) is 4.90 Å². The zero-order valence-corrected chi connectivity index (χ0v) is 11.1. The van der Waals surface area contributed by atoms with Gasteiger partial charge in [0.15, 0.2) is 0 Å². The highest BCUT2D eigenvalue weighted by Crippen LogP contribution is 2.23. The van der Waals surface area contributed by atoms with Crippen molar-refractivity contribution < 1.29 is 9.59 Å². The lowest BCUT2D eigenvalue weighted by molar-refractivity contribution is -0.125. The number of carbonyl (C=O) groups is 2. The third-order valence-electron chi connectivity index (χ3n) is 2.80. The monoisotopic (exact) mass is 297 g/mol. The second-order valence-corrected chi connectivity index (χ2v) is 5.29. The van der Waals surface area contributed by atoms with Crippen LogP contribution in [0, 0.1) is 0 Å². The second-order valence-electron chi connectivity index (χ2n) is 4.37. The molecule has 3 amide bonds. The quantitative estimate of drug-likeness (QED) is 0.845. The van der Waals surface area contributed by atoms with Crippen molar-refractivity contribution in [3.05, 3.63) is 28.5 Å². The molecule has 1 aromatic rings. The molecular weight excluding hydrogens is 286 g/mol. The summed E-state index contributed by atoms with van der Waals surface area (Å²) in [5.41, 5.74) is -0.0858. The number of urea groups is 1. The van der Waals surface area contributed by atoms with Gasteiger partial charge >= 0.3 is 6.03 Å². The van der Waals surface area contributed by atoms with Gasteiger partial charge in [-0.15, -0.1) is 0 Å². The summed E-state index contributed by atoms with van der Waals surface area (Å²) in [4.78, 5) is 28.9. The van der Waals surface area contributed by atoms with E-state index < -0.39 is 5.54 Å². The van der Waals surface area contributed by atoms with Crippen molar-refractivity contribution >= 4 is 27.9 Å². The first-order chi connectivity index (χ1) is 7.91. The zero-order chi connectivity index (χ0) is 12.6. The molecule has 5 nitrogen and oxygen atoms in total. The number of nitrogens with one attached hydrogen (secondary N) is 1. The standard InChI is InChI=1S/C11H12BrN3O2/c1-11(2)9(16)14-10(17)15(11)6-8-4-3-7(12)5-13-8/h3-5H,6H2,1-2H3,(H,14,16,17). The number of nitrogens with zero attached hydrogens (tertiary/aromatic N) is 2. The molecule has 1 saturated heterocycles. The highest BCUT2D eigenvalue weighted by Gasteiger charge is 2.45. The first-order valence-corrected chi connectivity index (χ1v) is 5.94. The van der Waals surface area contributed by atoms with E-state index in [2.05, 4.69) is 26.2 Å². The minimum Gasteiger partial charge on any atom is -0.304 e. The van der Waals surface area contributed by atoms with E-state index >= 15 is 0 Å². The lowest BCUT2D eigenvalue weighted by Crippen LogP contribution is -2.43. The topological polar surface area (TPSA) is 62.3 Å². The van der Waals surface area contributed by atoms with Gasteiger partial charge in [0.1, 0.15) is 5.54 Å². The van der Waals surface area contributed by atoms with Gasteiger partial charge in [-0.1, -0.05) is 0 Å². The maximum Gasteiger partial charge on any atom is 0.325 e. The molecule has 0 spiro atoms. The Hall–Kier alpha value is -1.43. The molecule has 0 unspecified atom stereocenters. The Kier molecular flexibility index (Phi) is 2.91. The third kappa shape index (κ3) is 2.17. The SMILES string of the molecule is CC1(C)C(=O)NC(=O)N1Cc1ccc(Br)cn1. The maximum atomic E-state index is 11.6. The predicted molar refractivity (Wildman–Crippen MR) is 65.1 cm³/mol. The van der Waals surface area contributed by atoms with Crippen LogP contribution < -0.4 is 5.32 Å². The van der Waals surface area contributed by atoms with Crippen LogP contribution in [0.1, 0.15) is 19.5 Å². The van der Waals surface area contributed by atoms with Gasteiger partial charge in [-0.3, -0.25) is 15.1 Å². The van der Waals surface area contributed by atoms with E-state index in [9.17, 15) is 9.59 Å². The zero-order valence-electron chi connectivity index (χ0n) is 9.53. The maximum absolute atomic E-state index is 11.6. The summed E-state index contributed by atoms with van der Waals surface area (Å²) in [5, 5.41) is 2.30. The molecule has 1 aliphatic rings. The Morgan fingerprint density at radius 2 is 2.12 bits per heavy atom. The van der Waals surface area contributed by atoms with Crippen molar-refractivity contribution in [2.45, 2.75) is 25.9 Å². The summed E-state index contributed by atoms with van der Waals surface area (Å²) in [6, 6.07) is 3.30. The van der Waals surface area contributed by atoms with Crippen molar-refractivity contribution in [2.24, 2.45) is 0 Å². The lowest BCUT2D eigenvalue weighted by Gasteiger charge is -2.27. The van der Waals surface area contributed by atoms with Crippen LogP contribution in [0.15, 0.2) is 22.8 Å². The molecule has 6 heteroatoms. The van der Waals surface area contributed by atoms with E-state index in [-0.39, 0.29) is 11.9 Å². The number of aromatic nitrogens is 1. The fraction of sp³-hybridized carbons (Fsp3) is 0.364. The van der Waals surface area contributed by atoms with Gasteiger partial charge in [0, 0.05) is 10.7 Å². The molecule has 17 heavy (non-hydrogen) atoms. The highest BCUT2D eigenvalue weighted by atomic mass is 79.9. The largest absolute Gasteiger partial charge is 0.325 e. The van der Waals surface area contributed by atoms with Gasteiger partial charge in [-0.25, -0.2) is 4.79 Å². The van der Waals surface area contributed by atoms with E-state index in [1.54, 1.807) is 20.0 Å². The van der Waals surface area contributed by atoms with E-state index in [4.69, 9.17) is 0 Å². The van der Waals surface area contributed by atoms with Crippen LogP contribution >= 0.6 is 15.9 Å². The minimum absolute atomic E-state index is 0.278. The van der Waals surface area contributed by atoms with Crippen LogP contribution in [0.25, 0.3) is 0 Å². The van der Waals surface area contributed by atoms with Crippen molar-refractivity contribution in [3.8, 4) is 0 Å². The van der Waals surface area contributed by atoms with Crippen LogP contribution in [-0.2, 0) is 11.3 Å². The Bertz CT molecular complexity index is 470. The normalized spacial score (nSPS) is 18.4. The summed E-state index contributed by atoms with van der Waals surface area (Å²) in [6.07, 6.45) is 1.66. The molecule has 1 fully saturated rings. The number of rotatable bonds is 2. The van der Waals surface area contributed by atoms with Crippen LogP contribution in [0.2, 0.25) is 0 Å². The molecule has 90 valence electrons.